The van der Waals surface area contributed by atoms with Crippen LogP contribution >= 0.6 is 0 Å². The average molecular weight is 262 g/mol. The number of rotatable bonds is 3. The van der Waals surface area contributed by atoms with Crippen LogP contribution in [0, 0.1) is 0 Å². The summed E-state index contributed by atoms with van der Waals surface area (Å²) in [5.41, 5.74) is 3.44. The number of nitrogens with one attached hydrogen (secondary N) is 1. The molecule has 2 rings (SSSR count). The van der Waals surface area contributed by atoms with Gasteiger partial charge in [0, 0.05) is 18.8 Å². The van der Waals surface area contributed by atoms with Gasteiger partial charge in [-0.15, -0.1) is 0 Å². The molecule has 1 saturated heterocycles. The van der Waals surface area contributed by atoms with Crippen LogP contribution in [-0.2, 0) is 12.8 Å². The maximum atomic E-state index is 12.0. The zero-order chi connectivity index (χ0) is 13.8. The molecule has 104 valence electrons. The molecule has 0 radical (unpaired) electrons. The van der Waals surface area contributed by atoms with E-state index in [1.165, 1.54) is 11.1 Å². The van der Waals surface area contributed by atoms with Crippen LogP contribution in [0.5, 0.6) is 0 Å². The second-order valence-electron chi connectivity index (χ2n) is 5.01. The van der Waals surface area contributed by atoms with Gasteiger partial charge in [-0.05, 0) is 42.5 Å². The first-order valence-corrected chi connectivity index (χ1v) is 6.99. The molecule has 0 bridgehead atoms. The van der Waals surface area contributed by atoms with Crippen LogP contribution in [0.3, 0.4) is 0 Å². The minimum absolute atomic E-state index is 0.122. The fourth-order valence-corrected chi connectivity index (χ4v) is 2.51. The zero-order valence-corrected chi connectivity index (χ0v) is 11.6. The van der Waals surface area contributed by atoms with E-state index in [1.807, 2.05) is 12.1 Å². The fraction of sp³-hybridized carbons (Fsp3) is 0.533. The smallest absolute Gasteiger partial charge is 0.321 e. The number of carbonyl (C=O) groups is 1. The van der Waals surface area contributed by atoms with Gasteiger partial charge in [0.25, 0.3) is 0 Å². The molecule has 0 aromatic heterocycles. The Balaban J connectivity index is 2.04. The van der Waals surface area contributed by atoms with Crippen molar-refractivity contribution >= 4 is 11.7 Å². The molecular weight excluding hydrogens is 240 g/mol. The highest BCUT2D eigenvalue weighted by atomic mass is 16.3. The van der Waals surface area contributed by atoms with E-state index in [9.17, 15) is 9.90 Å². The van der Waals surface area contributed by atoms with E-state index in [0.717, 1.165) is 18.5 Å². The maximum Gasteiger partial charge on any atom is 0.321 e. The molecule has 2 N–H and O–H groups in total. The highest BCUT2D eigenvalue weighted by molar-refractivity contribution is 5.89. The van der Waals surface area contributed by atoms with Crippen molar-refractivity contribution in [2.24, 2.45) is 0 Å². The summed E-state index contributed by atoms with van der Waals surface area (Å²) in [5, 5.41) is 12.3. The third-order valence-corrected chi connectivity index (χ3v) is 3.67. The Labute approximate surface area is 114 Å². The summed E-state index contributed by atoms with van der Waals surface area (Å²) >= 11 is 0. The Morgan fingerprint density at radius 2 is 2.11 bits per heavy atom. The molecule has 0 unspecified atom stereocenters. The number of carbonyl (C=O) groups excluding carboxylic acids is 1. The quantitative estimate of drug-likeness (QED) is 0.879. The summed E-state index contributed by atoms with van der Waals surface area (Å²) in [5.74, 6) is 0. The number of aliphatic hydroxyl groups excluding tert-OH is 1. The molecule has 1 atom stereocenters. The van der Waals surface area contributed by atoms with Gasteiger partial charge in [-0.25, -0.2) is 4.79 Å². The molecule has 0 spiro atoms. The second-order valence-corrected chi connectivity index (χ2v) is 5.01. The van der Waals surface area contributed by atoms with Crippen molar-refractivity contribution < 1.29 is 9.90 Å². The number of urea groups is 1. The van der Waals surface area contributed by atoms with E-state index in [2.05, 4.69) is 25.2 Å². The standard InChI is InChI=1S/C15H22N2O2/c1-3-11-5-6-13(9-12(11)4-2)16-15(19)17-8-7-14(18)10-17/h5-6,9,14,18H,3-4,7-8,10H2,1-2H3,(H,16,19)/t14-/m1/s1. The number of likely N-dealkylation sites (tertiary alicyclic amines) is 1. The average Bonchev–Trinajstić information content (AvgIpc) is 2.85. The minimum Gasteiger partial charge on any atom is -0.391 e. The number of benzene rings is 1. The van der Waals surface area contributed by atoms with Crippen molar-refractivity contribution in [2.75, 3.05) is 18.4 Å². The van der Waals surface area contributed by atoms with Crippen molar-refractivity contribution in [1.82, 2.24) is 4.90 Å². The number of aliphatic hydroxyl groups is 1. The summed E-state index contributed by atoms with van der Waals surface area (Å²) < 4.78 is 0. The number of hydrogen-bond acceptors (Lipinski definition) is 2. The minimum atomic E-state index is -0.376. The van der Waals surface area contributed by atoms with Gasteiger partial charge in [-0.2, -0.15) is 0 Å². The van der Waals surface area contributed by atoms with Gasteiger partial charge in [0.1, 0.15) is 0 Å². The highest BCUT2D eigenvalue weighted by Crippen LogP contribution is 2.18. The lowest BCUT2D eigenvalue weighted by Crippen LogP contribution is -2.33. The Kier molecular flexibility index (Phi) is 4.43. The van der Waals surface area contributed by atoms with Crippen LogP contribution in [-0.4, -0.2) is 35.2 Å². The van der Waals surface area contributed by atoms with E-state index < -0.39 is 0 Å². The van der Waals surface area contributed by atoms with Crippen molar-refractivity contribution in [2.45, 2.75) is 39.2 Å². The first-order valence-electron chi connectivity index (χ1n) is 6.99. The normalized spacial score (nSPS) is 18.7. The fourth-order valence-electron chi connectivity index (χ4n) is 2.51. The Hall–Kier alpha value is -1.55. The van der Waals surface area contributed by atoms with Gasteiger partial charge in [0.05, 0.1) is 6.10 Å². The summed E-state index contributed by atoms with van der Waals surface area (Å²) in [6.07, 6.45) is 2.27. The van der Waals surface area contributed by atoms with Gasteiger partial charge >= 0.3 is 6.03 Å². The van der Waals surface area contributed by atoms with Crippen LogP contribution in [0.1, 0.15) is 31.4 Å². The van der Waals surface area contributed by atoms with Gasteiger partial charge in [0.15, 0.2) is 0 Å². The highest BCUT2D eigenvalue weighted by Gasteiger charge is 2.24. The molecule has 1 aromatic rings. The lowest BCUT2D eigenvalue weighted by Gasteiger charge is -2.17. The molecule has 1 aliphatic heterocycles. The molecular formula is C15H22N2O2. The molecule has 19 heavy (non-hydrogen) atoms. The van der Waals surface area contributed by atoms with Crippen molar-refractivity contribution in [1.29, 1.82) is 0 Å². The van der Waals surface area contributed by atoms with Gasteiger partial charge < -0.3 is 15.3 Å². The third kappa shape index (κ3) is 3.26. The Bertz CT molecular complexity index is 459. The Morgan fingerprint density at radius 1 is 1.37 bits per heavy atom. The van der Waals surface area contributed by atoms with E-state index in [0.29, 0.717) is 19.5 Å². The zero-order valence-electron chi connectivity index (χ0n) is 11.6. The van der Waals surface area contributed by atoms with E-state index in [1.54, 1.807) is 4.90 Å². The number of β-amino-alcohol motifs (C(OH)–C–C–N with tert-alkyl or cyclic N) is 1. The number of hydrogen-bond donors (Lipinski definition) is 2. The molecule has 0 aliphatic carbocycles. The molecule has 1 aromatic carbocycles. The number of nitrogens with zero attached hydrogens (tertiary/aromatic N) is 1. The van der Waals surface area contributed by atoms with E-state index in [-0.39, 0.29) is 12.1 Å². The van der Waals surface area contributed by atoms with Crippen LogP contribution in [0.25, 0.3) is 0 Å². The van der Waals surface area contributed by atoms with Crippen molar-refractivity contribution in [3.05, 3.63) is 29.3 Å². The van der Waals surface area contributed by atoms with Gasteiger partial charge in [0.2, 0.25) is 0 Å². The number of anilines is 1. The van der Waals surface area contributed by atoms with Crippen molar-refractivity contribution in [3.8, 4) is 0 Å². The van der Waals surface area contributed by atoms with Gasteiger partial charge in [-0.1, -0.05) is 19.9 Å². The molecule has 4 nitrogen and oxygen atoms in total. The molecule has 1 heterocycles. The molecule has 1 aliphatic rings. The molecule has 4 heteroatoms. The van der Waals surface area contributed by atoms with Crippen LogP contribution in [0.2, 0.25) is 0 Å². The molecule has 1 fully saturated rings. The van der Waals surface area contributed by atoms with Crippen molar-refractivity contribution in [3.63, 3.8) is 0 Å². The lowest BCUT2D eigenvalue weighted by atomic mass is 10.0. The predicted molar refractivity (Wildman–Crippen MR) is 76.4 cm³/mol. The summed E-state index contributed by atoms with van der Waals surface area (Å²) in [6.45, 7) is 5.31. The monoisotopic (exact) mass is 262 g/mol. The van der Waals surface area contributed by atoms with E-state index in [4.69, 9.17) is 0 Å². The number of aryl methyl sites for hydroxylation is 2. The van der Waals surface area contributed by atoms with E-state index >= 15 is 0 Å². The third-order valence-electron chi connectivity index (χ3n) is 3.67. The van der Waals surface area contributed by atoms with Crippen LogP contribution < -0.4 is 5.32 Å². The summed E-state index contributed by atoms with van der Waals surface area (Å²) in [7, 11) is 0. The maximum absolute atomic E-state index is 12.0. The topological polar surface area (TPSA) is 52.6 Å². The first kappa shape index (κ1) is 13.9. The Morgan fingerprint density at radius 3 is 2.68 bits per heavy atom. The molecule has 2 amide bonds. The summed E-state index contributed by atoms with van der Waals surface area (Å²) in [4.78, 5) is 13.7. The largest absolute Gasteiger partial charge is 0.391 e. The molecule has 0 saturated carbocycles. The summed E-state index contributed by atoms with van der Waals surface area (Å²) in [6, 6.07) is 5.95. The SMILES string of the molecule is CCc1ccc(NC(=O)N2CC[C@@H](O)C2)cc1CC. The predicted octanol–water partition coefficient (Wildman–Crippen LogP) is 2.41. The number of amides is 2. The second kappa shape index (κ2) is 6.06. The van der Waals surface area contributed by atoms with Crippen LogP contribution in [0.4, 0.5) is 10.5 Å². The first-order chi connectivity index (χ1) is 9.13. The van der Waals surface area contributed by atoms with Gasteiger partial charge in [-0.3, -0.25) is 0 Å². The van der Waals surface area contributed by atoms with Crippen LogP contribution in [0.15, 0.2) is 18.2 Å². The lowest BCUT2D eigenvalue weighted by molar-refractivity contribution is 0.176.